The van der Waals surface area contributed by atoms with Crippen LogP contribution in [0, 0.1) is 12.8 Å². The molecule has 1 aromatic carbocycles. The van der Waals surface area contributed by atoms with Crippen molar-refractivity contribution in [3.63, 3.8) is 0 Å². The Labute approximate surface area is 177 Å². The Bertz CT molecular complexity index is 907. The first-order chi connectivity index (χ1) is 14.5. The molecular weight excluding hydrogens is 382 g/mol. The molecule has 1 aliphatic carbocycles. The number of ether oxygens (including phenoxy) is 2. The van der Waals surface area contributed by atoms with Gasteiger partial charge in [-0.2, -0.15) is 0 Å². The van der Waals surface area contributed by atoms with Gasteiger partial charge in [0.05, 0.1) is 35.5 Å². The van der Waals surface area contributed by atoms with Crippen LogP contribution in [0.1, 0.15) is 61.5 Å². The Morgan fingerprint density at radius 1 is 1.23 bits per heavy atom. The average molecular weight is 414 g/mol. The summed E-state index contributed by atoms with van der Waals surface area (Å²) < 4.78 is 11.1. The number of carbonyl (C=O) groups excluding carboxylic acids is 2. The molecule has 3 N–H and O–H groups in total. The molecule has 0 radical (unpaired) electrons. The van der Waals surface area contributed by atoms with Crippen LogP contribution in [0.2, 0.25) is 0 Å². The van der Waals surface area contributed by atoms with Crippen molar-refractivity contribution in [1.82, 2.24) is 10.3 Å². The first-order valence-electron chi connectivity index (χ1n) is 10.8. The van der Waals surface area contributed by atoms with E-state index < -0.39 is 5.97 Å². The number of pyridine rings is 1. The van der Waals surface area contributed by atoms with Crippen LogP contribution in [-0.4, -0.2) is 36.6 Å². The number of fused-ring (bicyclic) bond motifs is 1. The van der Waals surface area contributed by atoms with E-state index in [1.54, 1.807) is 13.8 Å². The number of nitrogens with one attached hydrogen (secondary N) is 1. The molecule has 162 valence electrons. The highest BCUT2D eigenvalue weighted by molar-refractivity contribution is 6.07. The number of esters is 1. The number of nitrogens with two attached hydrogens (primary N) is 1. The van der Waals surface area contributed by atoms with Crippen LogP contribution in [0.3, 0.4) is 0 Å². The molecule has 3 rings (SSSR count). The monoisotopic (exact) mass is 413 g/mol. The Morgan fingerprint density at radius 2 is 2.00 bits per heavy atom. The number of hydrogen-bond acceptors (Lipinski definition) is 6. The Morgan fingerprint density at radius 3 is 2.73 bits per heavy atom. The summed E-state index contributed by atoms with van der Waals surface area (Å²) in [6, 6.07) is 5.49. The second-order valence-corrected chi connectivity index (χ2v) is 7.68. The zero-order chi connectivity index (χ0) is 21.5. The smallest absolute Gasteiger partial charge is 0.342 e. The summed E-state index contributed by atoms with van der Waals surface area (Å²) in [5.74, 6) is 0.403. The van der Waals surface area contributed by atoms with Crippen molar-refractivity contribution < 1.29 is 19.1 Å². The van der Waals surface area contributed by atoms with E-state index in [1.807, 2.05) is 18.2 Å². The fraction of sp³-hybridized carbons (Fsp3) is 0.522. The lowest BCUT2D eigenvalue weighted by Crippen LogP contribution is -2.33. The number of amides is 1. The molecule has 0 spiro atoms. The van der Waals surface area contributed by atoms with Gasteiger partial charge in [0.25, 0.3) is 0 Å². The normalized spacial score (nSPS) is 14.5. The molecule has 1 saturated carbocycles. The maximum Gasteiger partial charge on any atom is 0.342 e. The molecule has 0 bridgehead atoms. The van der Waals surface area contributed by atoms with Crippen LogP contribution < -0.4 is 15.8 Å². The summed E-state index contributed by atoms with van der Waals surface area (Å²) in [6.07, 6.45) is 6.19. The van der Waals surface area contributed by atoms with Crippen molar-refractivity contribution >= 4 is 28.5 Å². The molecule has 0 saturated heterocycles. The number of nitrogen functional groups attached to an aromatic ring is 1. The lowest BCUT2D eigenvalue weighted by molar-refractivity contribution is -0.125. The highest BCUT2D eigenvalue weighted by Crippen LogP contribution is 2.33. The molecule has 1 heterocycles. The number of carbonyl (C=O) groups is 2. The second-order valence-electron chi connectivity index (χ2n) is 7.68. The Kier molecular flexibility index (Phi) is 7.49. The van der Waals surface area contributed by atoms with Gasteiger partial charge in [0.1, 0.15) is 11.3 Å². The number of hydrogen-bond donors (Lipinski definition) is 2. The van der Waals surface area contributed by atoms with Gasteiger partial charge in [-0.25, -0.2) is 4.79 Å². The minimum Gasteiger partial charge on any atom is -0.493 e. The molecule has 1 aromatic heterocycles. The Balaban J connectivity index is 1.63. The molecular formula is C23H31N3O4. The highest BCUT2D eigenvalue weighted by atomic mass is 16.5. The van der Waals surface area contributed by atoms with Gasteiger partial charge in [-0.1, -0.05) is 25.3 Å². The standard InChI is InChI=1S/C23H31N3O4/c1-3-29-23(28)19-15(2)26-17-11-7-12-18(20(17)21(19)24)30-14-8-13-25-22(27)16-9-5-4-6-10-16/h7,11-12,16H,3-6,8-10,13-14H2,1-2H3,(H2,24,26)(H,25,27). The van der Waals surface area contributed by atoms with Gasteiger partial charge >= 0.3 is 5.97 Å². The maximum absolute atomic E-state index is 12.3. The van der Waals surface area contributed by atoms with E-state index in [2.05, 4.69) is 10.3 Å². The lowest BCUT2D eigenvalue weighted by Gasteiger charge is -2.20. The topological polar surface area (TPSA) is 104 Å². The zero-order valence-corrected chi connectivity index (χ0v) is 17.8. The summed E-state index contributed by atoms with van der Waals surface area (Å²) >= 11 is 0. The molecule has 2 aromatic rings. The number of rotatable bonds is 8. The summed E-state index contributed by atoms with van der Waals surface area (Å²) in [7, 11) is 0. The van der Waals surface area contributed by atoms with Gasteiger partial charge in [0.2, 0.25) is 5.91 Å². The quantitative estimate of drug-likeness (QED) is 0.504. The van der Waals surface area contributed by atoms with Crippen LogP contribution in [-0.2, 0) is 9.53 Å². The summed E-state index contributed by atoms with van der Waals surface area (Å²) in [4.78, 5) is 29.0. The molecule has 0 aliphatic heterocycles. The van der Waals surface area contributed by atoms with Crippen molar-refractivity contribution in [3.05, 3.63) is 29.5 Å². The van der Waals surface area contributed by atoms with E-state index in [1.165, 1.54) is 6.42 Å². The fourth-order valence-electron chi connectivity index (χ4n) is 4.00. The zero-order valence-electron chi connectivity index (χ0n) is 17.8. The van der Waals surface area contributed by atoms with E-state index in [-0.39, 0.29) is 24.0 Å². The fourth-order valence-corrected chi connectivity index (χ4v) is 4.00. The van der Waals surface area contributed by atoms with Gasteiger partial charge in [-0.15, -0.1) is 0 Å². The third-order valence-electron chi connectivity index (χ3n) is 5.53. The molecule has 1 fully saturated rings. The van der Waals surface area contributed by atoms with Crippen molar-refractivity contribution in [2.75, 3.05) is 25.5 Å². The first-order valence-corrected chi connectivity index (χ1v) is 10.8. The van der Waals surface area contributed by atoms with Crippen LogP contribution in [0.15, 0.2) is 18.2 Å². The number of aryl methyl sites for hydroxylation is 1. The predicted molar refractivity (Wildman–Crippen MR) is 117 cm³/mol. The van der Waals surface area contributed by atoms with Gasteiger partial charge < -0.3 is 20.5 Å². The lowest BCUT2D eigenvalue weighted by atomic mass is 9.89. The van der Waals surface area contributed by atoms with Crippen molar-refractivity contribution in [1.29, 1.82) is 0 Å². The summed E-state index contributed by atoms with van der Waals surface area (Å²) in [5, 5.41) is 3.62. The third kappa shape index (κ3) is 5.01. The average Bonchev–Trinajstić information content (AvgIpc) is 2.74. The molecule has 0 unspecified atom stereocenters. The van der Waals surface area contributed by atoms with E-state index >= 15 is 0 Å². The van der Waals surface area contributed by atoms with Crippen molar-refractivity contribution in [2.24, 2.45) is 5.92 Å². The molecule has 30 heavy (non-hydrogen) atoms. The maximum atomic E-state index is 12.3. The van der Waals surface area contributed by atoms with Crippen LogP contribution in [0.25, 0.3) is 10.9 Å². The number of aromatic nitrogens is 1. The molecule has 7 heteroatoms. The number of nitrogens with zero attached hydrogens (tertiary/aromatic N) is 1. The van der Waals surface area contributed by atoms with Crippen molar-refractivity contribution in [2.45, 2.75) is 52.4 Å². The van der Waals surface area contributed by atoms with E-state index in [4.69, 9.17) is 15.2 Å². The van der Waals surface area contributed by atoms with Crippen LogP contribution >= 0.6 is 0 Å². The molecule has 7 nitrogen and oxygen atoms in total. The minimum absolute atomic E-state index is 0.155. The van der Waals surface area contributed by atoms with Crippen LogP contribution in [0.5, 0.6) is 5.75 Å². The van der Waals surface area contributed by atoms with Gasteiger partial charge in [-0.3, -0.25) is 9.78 Å². The second kappa shape index (κ2) is 10.3. The SMILES string of the molecule is CCOC(=O)c1c(C)nc2cccc(OCCCNC(=O)C3CCCCC3)c2c1N. The number of benzene rings is 1. The highest BCUT2D eigenvalue weighted by Gasteiger charge is 2.21. The van der Waals surface area contributed by atoms with Crippen LogP contribution in [0.4, 0.5) is 5.69 Å². The summed E-state index contributed by atoms with van der Waals surface area (Å²) in [5.41, 5.74) is 8.12. The van der Waals surface area contributed by atoms with Crippen molar-refractivity contribution in [3.8, 4) is 5.75 Å². The predicted octanol–water partition coefficient (Wildman–Crippen LogP) is 3.77. The van der Waals surface area contributed by atoms with Gasteiger partial charge in [0.15, 0.2) is 0 Å². The molecule has 1 amide bonds. The molecule has 0 atom stereocenters. The summed E-state index contributed by atoms with van der Waals surface area (Å²) in [6.45, 7) is 4.75. The largest absolute Gasteiger partial charge is 0.493 e. The van der Waals surface area contributed by atoms with E-state index in [9.17, 15) is 9.59 Å². The minimum atomic E-state index is -0.484. The van der Waals surface area contributed by atoms with Gasteiger partial charge in [0, 0.05) is 12.5 Å². The number of anilines is 1. The third-order valence-corrected chi connectivity index (χ3v) is 5.53. The van der Waals surface area contributed by atoms with E-state index in [0.717, 1.165) is 25.7 Å². The molecule has 1 aliphatic rings. The van der Waals surface area contributed by atoms with Gasteiger partial charge in [-0.05, 0) is 45.2 Å². The van der Waals surface area contributed by atoms with E-state index in [0.29, 0.717) is 47.6 Å². The first kappa shape index (κ1) is 21.9. The Hall–Kier alpha value is -2.83.